The van der Waals surface area contributed by atoms with E-state index >= 15 is 0 Å². The second kappa shape index (κ2) is 13.8. The molecule has 0 aliphatic rings. The first-order valence-electron chi connectivity index (χ1n) is 6.52. The smallest absolute Gasteiger partial charge is 0.744 e. The third-order valence-corrected chi connectivity index (χ3v) is 6.79. The summed E-state index contributed by atoms with van der Waals surface area (Å²) in [4.78, 5) is -0.124. The van der Waals surface area contributed by atoms with Gasteiger partial charge in [-0.15, -0.1) is 10.3 Å². The maximum absolute atomic E-state index is 11.2. The summed E-state index contributed by atoms with van der Waals surface area (Å²) in [6.45, 7) is 0. The first kappa shape index (κ1) is 32.0. The minimum Gasteiger partial charge on any atom is -0.744 e. The van der Waals surface area contributed by atoms with Crippen LogP contribution >= 0.6 is 75.8 Å². The van der Waals surface area contributed by atoms with Crippen LogP contribution in [0.4, 0.5) is 11.4 Å². The zero-order chi connectivity index (χ0) is 21.2. The molecule has 30 heavy (non-hydrogen) atoms. The summed E-state index contributed by atoms with van der Waals surface area (Å²) < 4.78 is 38.3. The summed E-state index contributed by atoms with van der Waals surface area (Å²) in [6.07, 6.45) is 0. The Hall–Kier alpha value is 2.02. The van der Waals surface area contributed by atoms with E-state index in [1.54, 1.807) is 0 Å². The molecule has 0 saturated carbocycles. The standard InChI is InChI=1S/C12H8Br4N2O8S2.2Na/c13-7-1-5(27-26-25-21)2-8(14)11(7)17(19)18(20)12-9(15)3-6(4-10(12)16)28(22,23)24;;/h1-4,19-21H,(H,22,23,24);;/q;2*+1/p-2. The van der Waals surface area contributed by atoms with E-state index in [0.29, 0.717) is 27.3 Å². The average Bonchev–Trinajstić information content (AvgIpc) is 2.57. The van der Waals surface area contributed by atoms with Gasteiger partial charge in [-0.3, -0.25) is 15.5 Å². The minimum absolute atomic E-state index is 0. The molecule has 0 unspecified atom stereocenters. The number of hydrogen-bond acceptors (Lipinski definition) is 11. The second-order valence-corrected chi connectivity index (χ2v) is 10.3. The SMILES string of the molecule is O=S(=O)([O-])c1cc(Br)c(N(O)N(O)c2c(Br)cc(SOO[O-])cc2Br)c(Br)c1.[Na+].[Na+]. The molecule has 0 radical (unpaired) electrons. The Kier molecular flexibility index (Phi) is 14.7. The second-order valence-electron chi connectivity index (χ2n) is 4.72. The van der Waals surface area contributed by atoms with Crippen LogP contribution in [-0.4, -0.2) is 23.4 Å². The molecule has 0 saturated heterocycles. The van der Waals surface area contributed by atoms with E-state index in [-0.39, 0.29) is 88.4 Å². The molecule has 2 rings (SSSR count). The zero-order valence-electron chi connectivity index (χ0n) is 14.9. The van der Waals surface area contributed by atoms with Gasteiger partial charge in [-0.1, -0.05) is 0 Å². The predicted molar refractivity (Wildman–Crippen MR) is 108 cm³/mol. The zero-order valence-corrected chi connectivity index (χ0v) is 26.9. The normalized spacial score (nSPS) is 10.8. The summed E-state index contributed by atoms with van der Waals surface area (Å²) in [5.41, 5.74) is -0.0653. The van der Waals surface area contributed by atoms with Gasteiger partial charge in [-0.2, -0.15) is 4.33 Å². The van der Waals surface area contributed by atoms with Crippen LogP contribution < -0.4 is 74.7 Å². The minimum atomic E-state index is -4.74. The molecular formula is C12H6Br4N2Na2O8S2. The van der Waals surface area contributed by atoms with Crippen molar-refractivity contribution in [2.45, 2.75) is 9.79 Å². The van der Waals surface area contributed by atoms with Gasteiger partial charge in [-0.05, 0) is 88.0 Å². The molecule has 0 fully saturated rings. The Morgan fingerprint density at radius 1 is 0.867 bits per heavy atom. The van der Waals surface area contributed by atoms with E-state index in [2.05, 4.69) is 73.1 Å². The number of benzene rings is 2. The largest absolute Gasteiger partial charge is 1.00 e. The molecule has 0 bridgehead atoms. The molecule has 154 valence electrons. The first-order valence-corrected chi connectivity index (χ1v) is 11.8. The topological polar surface area (TPSA) is 146 Å². The van der Waals surface area contributed by atoms with Crippen LogP contribution in [0.3, 0.4) is 0 Å². The van der Waals surface area contributed by atoms with Crippen LogP contribution in [0.1, 0.15) is 0 Å². The Labute approximate surface area is 253 Å². The Bertz CT molecular complexity index is 958. The maximum atomic E-state index is 11.2. The van der Waals surface area contributed by atoms with Crippen molar-refractivity contribution in [1.82, 2.24) is 0 Å². The van der Waals surface area contributed by atoms with Crippen molar-refractivity contribution in [3.63, 3.8) is 0 Å². The summed E-state index contributed by atoms with van der Waals surface area (Å²) in [6, 6.07) is 4.86. The molecule has 2 aromatic carbocycles. The molecule has 0 atom stereocenters. The summed E-state index contributed by atoms with van der Waals surface area (Å²) in [7, 11) is -4.74. The molecular weight excluding hydrogens is 730 g/mol. The van der Waals surface area contributed by atoms with E-state index in [4.69, 9.17) is 0 Å². The van der Waals surface area contributed by atoms with Gasteiger partial charge in [0.1, 0.15) is 21.5 Å². The number of nitrogens with zero attached hydrogens (tertiary/aromatic N) is 2. The van der Waals surface area contributed by atoms with E-state index in [9.17, 15) is 28.6 Å². The summed E-state index contributed by atoms with van der Waals surface area (Å²) >= 11 is 13.1. The van der Waals surface area contributed by atoms with E-state index in [1.807, 2.05) is 0 Å². The van der Waals surface area contributed by atoms with Gasteiger partial charge in [0.15, 0.2) is 0 Å². The molecule has 10 nitrogen and oxygen atoms in total. The Morgan fingerprint density at radius 3 is 1.57 bits per heavy atom. The third-order valence-electron chi connectivity index (χ3n) is 3.01. The third kappa shape index (κ3) is 8.06. The van der Waals surface area contributed by atoms with Crippen molar-refractivity contribution in [2.75, 3.05) is 10.3 Å². The fourth-order valence-corrected chi connectivity index (χ4v) is 6.48. The Morgan fingerprint density at radius 2 is 1.23 bits per heavy atom. The predicted octanol–water partition coefficient (Wildman–Crippen LogP) is -2.11. The molecule has 0 heterocycles. The quantitative estimate of drug-likeness (QED) is 0.106. The molecule has 2 aromatic rings. The molecule has 0 aliphatic carbocycles. The summed E-state index contributed by atoms with van der Waals surface area (Å²) in [5.74, 6) is 0. The number of rotatable bonds is 7. The number of hydrogen-bond donors (Lipinski definition) is 2. The molecule has 0 spiro atoms. The summed E-state index contributed by atoms with van der Waals surface area (Å²) in [5, 5.41) is 34.7. The van der Waals surface area contributed by atoms with E-state index in [0.717, 1.165) is 12.1 Å². The average molecular weight is 736 g/mol. The van der Waals surface area contributed by atoms with E-state index < -0.39 is 15.0 Å². The maximum Gasteiger partial charge on any atom is 1.00 e. The van der Waals surface area contributed by atoms with Crippen LogP contribution in [0.2, 0.25) is 0 Å². The number of halogens is 4. The van der Waals surface area contributed by atoms with Gasteiger partial charge in [-0.25, -0.2) is 8.42 Å². The van der Waals surface area contributed by atoms with Gasteiger partial charge in [0.05, 0.1) is 16.9 Å². The van der Waals surface area contributed by atoms with Gasteiger partial charge < -0.3 is 9.81 Å². The van der Waals surface area contributed by atoms with Crippen LogP contribution in [-0.2, 0) is 19.5 Å². The molecule has 0 aliphatic heterocycles. The first-order chi connectivity index (χ1) is 13.0. The fraction of sp³-hybridized carbons (Fsp3) is 0. The van der Waals surface area contributed by atoms with Crippen LogP contribution in [0.25, 0.3) is 0 Å². The van der Waals surface area contributed by atoms with Crippen molar-refractivity contribution in [1.29, 1.82) is 0 Å². The molecule has 2 N–H and O–H groups in total. The fourth-order valence-electron chi connectivity index (χ4n) is 1.90. The van der Waals surface area contributed by atoms with Crippen molar-refractivity contribution in [3.8, 4) is 0 Å². The number of hydrazine groups is 1. The Balaban J connectivity index is 0.00000420. The van der Waals surface area contributed by atoms with Gasteiger partial charge in [0.2, 0.25) is 0 Å². The van der Waals surface area contributed by atoms with Crippen molar-refractivity contribution < 1.29 is 97.1 Å². The number of anilines is 2. The van der Waals surface area contributed by atoms with E-state index in [1.165, 1.54) is 12.1 Å². The van der Waals surface area contributed by atoms with Gasteiger partial charge >= 0.3 is 59.1 Å². The van der Waals surface area contributed by atoms with Crippen LogP contribution in [0.15, 0.2) is 51.9 Å². The van der Waals surface area contributed by atoms with Crippen molar-refractivity contribution in [3.05, 3.63) is 42.2 Å². The van der Waals surface area contributed by atoms with Gasteiger partial charge in [0.25, 0.3) is 0 Å². The van der Waals surface area contributed by atoms with Crippen molar-refractivity contribution in [2.24, 2.45) is 0 Å². The van der Waals surface area contributed by atoms with Crippen LogP contribution in [0.5, 0.6) is 0 Å². The molecule has 0 aromatic heterocycles. The van der Waals surface area contributed by atoms with Crippen molar-refractivity contribution >= 4 is 97.3 Å². The molecule has 0 amide bonds. The molecule has 18 heteroatoms. The van der Waals surface area contributed by atoms with Crippen LogP contribution in [0, 0.1) is 0 Å². The monoisotopic (exact) mass is 732 g/mol. The van der Waals surface area contributed by atoms with Gasteiger partial charge in [0, 0.05) is 22.8 Å².